The number of rotatable bonds is 7. The number of benzene rings is 1. The highest BCUT2D eigenvalue weighted by Gasteiger charge is 2.12. The van der Waals surface area contributed by atoms with Crippen LogP contribution in [0.25, 0.3) is 5.57 Å². The Morgan fingerprint density at radius 1 is 1.20 bits per heavy atom. The standard InChI is InChI=1S/C19H29N/c1-8-14(5)20-15(6)12-18-11-10-17(9-2)19(13(3)4)16(18)7/h10-11,15,20H,3,5,8-9,12H2,1-2,4,6-7H3. The molecule has 0 fully saturated rings. The topological polar surface area (TPSA) is 12.0 Å². The number of aryl methyl sites for hydroxylation is 1. The molecule has 1 aromatic carbocycles. The molecule has 0 aliphatic heterocycles. The maximum absolute atomic E-state index is 4.15. The van der Waals surface area contributed by atoms with E-state index in [2.05, 4.69) is 65.2 Å². The minimum Gasteiger partial charge on any atom is -0.386 e. The van der Waals surface area contributed by atoms with Crippen LogP contribution in [0.2, 0.25) is 0 Å². The molecule has 0 spiro atoms. The van der Waals surface area contributed by atoms with E-state index in [9.17, 15) is 0 Å². The summed E-state index contributed by atoms with van der Waals surface area (Å²) in [6.45, 7) is 19.0. The fourth-order valence-electron chi connectivity index (χ4n) is 2.75. The minimum atomic E-state index is 0.409. The molecule has 1 unspecified atom stereocenters. The van der Waals surface area contributed by atoms with Crippen molar-refractivity contribution in [1.29, 1.82) is 0 Å². The maximum atomic E-state index is 4.15. The molecule has 1 aromatic rings. The van der Waals surface area contributed by atoms with E-state index in [1.807, 2.05) is 0 Å². The van der Waals surface area contributed by atoms with E-state index in [0.717, 1.165) is 25.0 Å². The molecule has 0 saturated carbocycles. The Hall–Kier alpha value is -1.50. The maximum Gasteiger partial charge on any atom is 0.0270 e. The summed E-state index contributed by atoms with van der Waals surface area (Å²) in [6, 6.07) is 4.94. The third-order valence-corrected chi connectivity index (χ3v) is 3.87. The Balaban J connectivity index is 3.00. The van der Waals surface area contributed by atoms with Crippen LogP contribution in [0, 0.1) is 6.92 Å². The van der Waals surface area contributed by atoms with Crippen LogP contribution in [0.15, 0.2) is 31.0 Å². The molecule has 20 heavy (non-hydrogen) atoms. The van der Waals surface area contributed by atoms with Crippen molar-refractivity contribution in [3.05, 3.63) is 53.2 Å². The van der Waals surface area contributed by atoms with E-state index < -0.39 is 0 Å². The van der Waals surface area contributed by atoms with Crippen molar-refractivity contribution in [3.63, 3.8) is 0 Å². The van der Waals surface area contributed by atoms with Crippen LogP contribution in [-0.2, 0) is 12.8 Å². The Labute approximate surface area is 124 Å². The molecule has 0 radical (unpaired) electrons. The SMILES string of the molecule is C=C(CC)NC(C)Cc1ccc(CC)c(C(=C)C)c1C. The van der Waals surface area contributed by atoms with Crippen molar-refractivity contribution in [2.75, 3.05) is 0 Å². The van der Waals surface area contributed by atoms with E-state index in [4.69, 9.17) is 0 Å². The first-order valence-electron chi connectivity index (χ1n) is 7.62. The molecular weight excluding hydrogens is 242 g/mol. The first-order valence-corrected chi connectivity index (χ1v) is 7.62. The molecule has 0 heterocycles. The monoisotopic (exact) mass is 271 g/mol. The van der Waals surface area contributed by atoms with E-state index >= 15 is 0 Å². The van der Waals surface area contributed by atoms with Gasteiger partial charge in [0.25, 0.3) is 0 Å². The molecule has 0 bridgehead atoms. The fraction of sp³-hybridized carbons (Fsp3) is 0.474. The van der Waals surface area contributed by atoms with Crippen LogP contribution in [0.4, 0.5) is 0 Å². The lowest BCUT2D eigenvalue weighted by atomic mass is 9.89. The number of nitrogens with one attached hydrogen (secondary N) is 1. The second-order valence-electron chi connectivity index (χ2n) is 5.72. The first-order chi connectivity index (χ1) is 9.40. The van der Waals surface area contributed by atoms with Gasteiger partial charge in [0.2, 0.25) is 0 Å². The average Bonchev–Trinajstić information content (AvgIpc) is 2.39. The van der Waals surface area contributed by atoms with Crippen LogP contribution in [-0.4, -0.2) is 6.04 Å². The predicted octanol–water partition coefficient (Wildman–Crippen LogP) is 5.03. The average molecular weight is 271 g/mol. The van der Waals surface area contributed by atoms with Gasteiger partial charge in [0.1, 0.15) is 0 Å². The summed E-state index contributed by atoms with van der Waals surface area (Å²) in [6.07, 6.45) is 3.06. The summed E-state index contributed by atoms with van der Waals surface area (Å²) < 4.78 is 0. The largest absolute Gasteiger partial charge is 0.386 e. The van der Waals surface area contributed by atoms with Crippen molar-refractivity contribution >= 4 is 5.57 Å². The van der Waals surface area contributed by atoms with Crippen molar-refractivity contribution in [2.24, 2.45) is 0 Å². The fourth-order valence-corrected chi connectivity index (χ4v) is 2.75. The third kappa shape index (κ3) is 4.00. The van der Waals surface area contributed by atoms with Crippen molar-refractivity contribution in [3.8, 4) is 0 Å². The number of allylic oxidation sites excluding steroid dienone is 2. The summed E-state index contributed by atoms with van der Waals surface area (Å²) in [5.41, 5.74) is 7.82. The zero-order valence-corrected chi connectivity index (χ0v) is 13.8. The van der Waals surface area contributed by atoms with Gasteiger partial charge in [-0.1, -0.05) is 44.7 Å². The second kappa shape index (κ2) is 7.33. The lowest BCUT2D eigenvalue weighted by Gasteiger charge is -2.20. The summed E-state index contributed by atoms with van der Waals surface area (Å²) in [5, 5.41) is 3.47. The van der Waals surface area contributed by atoms with Crippen LogP contribution >= 0.6 is 0 Å². The van der Waals surface area contributed by atoms with Gasteiger partial charge in [-0.25, -0.2) is 0 Å². The molecule has 0 aliphatic rings. The van der Waals surface area contributed by atoms with Gasteiger partial charge in [0.05, 0.1) is 0 Å². The third-order valence-electron chi connectivity index (χ3n) is 3.87. The molecule has 1 atom stereocenters. The van der Waals surface area contributed by atoms with Crippen LogP contribution < -0.4 is 5.32 Å². The van der Waals surface area contributed by atoms with Crippen molar-refractivity contribution in [1.82, 2.24) is 5.32 Å². The van der Waals surface area contributed by atoms with Crippen molar-refractivity contribution in [2.45, 2.75) is 59.9 Å². The Kier molecular flexibility index (Phi) is 6.06. The lowest BCUT2D eigenvalue weighted by Crippen LogP contribution is -2.27. The van der Waals surface area contributed by atoms with Crippen LogP contribution in [0.5, 0.6) is 0 Å². The smallest absolute Gasteiger partial charge is 0.0270 e. The first kappa shape index (κ1) is 16.6. The molecule has 1 N–H and O–H groups in total. The van der Waals surface area contributed by atoms with Gasteiger partial charge < -0.3 is 5.32 Å². The van der Waals surface area contributed by atoms with Gasteiger partial charge >= 0.3 is 0 Å². The van der Waals surface area contributed by atoms with Crippen LogP contribution in [0.3, 0.4) is 0 Å². The Morgan fingerprint density at radius 3 is 2.30 bits per heavy atom. The Bertz CT molecular complexity index is 497. The molecule has 1 nitrogen and oxygen atoms in total. The second-order valence-corrected chi connectivity index (χ2v) is 5.72. The summed E-state index contributed by atoms with van der Waals surface area (Å²) in [5.74, 6) is 0. The van der Waals surface area contributed by atoms with Crippen LogP contribution in [0.1, 0.15) is 56.4 Å². The molecular formula is C19H29N. The van der Waals surface area contributed by atoms with E-state index in [-0.39, 0.29) is 0 Å². The lowest BCUT2D eigenvalue weighted by molar-refractivity contribution is 0.598. The highest BCUT2D eigenvalue weighted by atomic mass is 14.9. The van der Waals surface area contributed by atoms with Gasteiger partial charge in [-0.2, -0.15) is 0 Å². The summed E-state index contributed by atoms with van der Waals surface area (Å²) in [4.78, 5) is 0. The van der Waals surface area contributed by atoms with Gasteiger partial charge in [0, 0.05) is 11.7 Å². The van der Waals surface area contributed by atoms with E-state index in [1.165, 1.54) is 27.8 Å². The molecule has 0 aromatic heterocycles. The molecule has 0 amide bonds. The predicted molar refractivity (Wildman–Crippen MR) is 91.0 cm³/mol. The molecule has 110 valence electrons. The highest BCUT2D eigenvalue weighted by Crippen LogP contribution is 2.26. The van der Waals surface area contributed by atoms with E-state index in [1.54, 1.807) is 0 Å². The van der Waals surface area contributed by atoms with Crippen molar-refractivity contribution < 1.29 is 0 Å². The number of hydrogen-bond acceptors (Lipinski definition) is 1. The summed E-state index contributed by atoms with van der Waals surface area (Å²) >= 11 is 0. The Morgan fingerprint density at radius 2 is 1.80 bits per heavy atom. The van der Waals surface area contributed by atoms with E-state index in [0.29, 0.717) is 6.04 Å². The quantitative estimate of drug-likeness (QED) is 0.733. The van der Waals surface area contributed by atoms with Gasteiger partial charge in [-0.15, -0.1) is 0 Å². The molecule has 1 heteroatoms. The molecule has 0 saturated heterocycles. The zero-order chi connectivity index (χ0) is 15.3. The number of hydrogen-bond donors (Lipinski definition) is 1. The minimum absolute atomic E-state index is 0.409. The zero-order valence-electron chi connectivity index (χ0n) is 13.8. The highest BCUT2D eigenvalue weighted by molar-refractivity contribution is 5.68. The van der Waals surface area contributed by atoms with Gasteiger partial charge in [-0.3, -0.25) is 0 Å². The van der Waals surface area contributed by atoms with Gasteiger partial charge in [-0.05, 0) is 62.3 Å². The summed E-state index contributed by atoms with van der Waals surface area (Å²) in [7, 11) is 0. The normalized spacial score (nSPS) is 12.1. The van der Waals surface area contributed by atoms with Gasteiger partial charge in [0.15, 0.2) is 0 Å². The molecule has 1 rings (SSSR count). The molecule has 0 aliphatic carbocycles.